The molecule has 1 aromatic carbocycles. The van der Waals surface area contributed by atoms with Gasteiger partial charge in [-0.3, -0.25) is 10.1 Å². The van der Waals surface area contributed by atoms with E-state index in [2.05, 4.69) is 15.3 Å². The molecule has 0 bridgehead atoms. The molecule has 0 radical (unpaired) electrons. The van der Waals surface area contributed by atoms with E-state index in [4.69, 9.17) is 9.15 Å². The Bertz CT molecular complexity index is 870. The molecule has 0 unspecified atom stereocenters. The van der Waals surface area contributed by atoms with Crippen LogP contribution in [0.4, 0.5) is 5.69 Å². The quantitative estimate of drug-likeness (QED) is 0.391. The van der Waals surface area contributed by atoms with Crippen LogP contribution in [0.3, 0.4) is 0 Å². The third-order valence-corrected chi connectivity index (χ3v) is 3.09. The number of nitrogens with zero attached hydrogens (tertiary/aromatic N) is 5. The van der Waals surface area contributed by atoms with Crippen LogP contribution in [0, 0.1) is 10.1 Å². The van der Waals surface area contributed by atoms with Gasteiger partial charge in [0.2, 0.25) is 0 Å². The van der Waals surface area contributed by atoms with Crippen molar-refractivity contribution in [2.45, 2.75) is 6.92 Å². The van der Waals surface area contributed by atoms with Gasteiger partial charge in [-0.25, -0.2) is 4.68 Å². The predicted octanol–water partition coefficient (Wildman–Crippen LogP) is 2.73. The number of hydrogen-bond donors (Lipinski definition) is 0. The Balaban J connectivity index is 1.87. The van der Waals surface area contributed by atoms with E-state index in [1.54, 1.807) is 31.2 Å². The third-order valence-electron chi connectivity index (χ3n) is 3.09. The minimum Gasteiger partial charge on any atom is -0.487 e. The van der Waals surface area contributed by atoms with Gasteiger partial charge in [-0.2, -0.15) is 5.10 Å². The summed E-state index contributed by atoms with van der Waals surface area (Å²) in [6, 6.07) is 8.12. The fraction of sp³-hybridized carbons (Fsp3) is 0.133. The molecule has 0 N–H and O–H groups in total. The molecular weight excluding hydrogens is 314 g/mol. The van der Waals surface area contributed by atoms with Gasteiger partial charge in [0.05, 0.1) is 17.7 Å². The lowest BCUT2D eigenvalue weighted by atomic mass is 10.1. The van der Waals surface area contributed by atoms with E-state index < -0.39 is 4.92 Å². The Labute approximate surface area is 136 Å². The van der Waals surface area contributed by atoms with Gasteiger partial charge in [0, 0.05) is 11.6 Å². The van der Waals surface area contributed by atoms with Crippen molar-refractivity contribution in [3.63, 3.8) is 0 Å². The zero-order chi connectivity index (χ0) is 16.9. The highest BCUT2D eigenvalue weighted by Crippen LogP contribution is 2.33. The molecule has 3 aromatic rings. The van der Waals surface area contributed by atoms with Crippen LogP contribution in [0.1, 0.15) is 12.7 Å². The molecule has 0 aliphatic heterocycles. The Kier molecular flexibility index (Phi) is 4.32. The van der Waals surface area contributed by atoms with Crippen molar-refractivity contribution in [1.29, 1.82) is 0 Å². The highest BCUT2D eigenvalue weighted by atomic mass is 16.6. The van der Waals surface area contributed by atoms with E-state index in [0.29, 0.717) is 23.7 Å². The van der Waals surface area contributed by atoms with Gasteiger partial charge in [0.25, 0.3) is 0 Å². The molecule has 0 aliphatic carbocycles. The first-order chi connectivity index (χ1) is 11.7. The lowest BCUT2D eigenvalue weighted by Gasteiger charge is -2.05. The van der Waals surface area contributed by atoms with E-state index in [1.165, 1.54) is 29.6 Å². The van der Waals surface area contributed by atoms with Crippen LogP contribution in [0.25, 0.3) is 11.3 Å². The van der Waals surface area contributed by atoms with Crippen LogP contribution in [-0.4, -0.2) is 32.6 Å². The molecule has 0 spiro atoms. The standard InChI is InChI=1S/C15H13N5O4/c1-2-23-15-5-3-11(7-13(15)20(21)22)14-6-4-12(24-14)8-18-19-9-16-17-10-19/h3-10H,2H2,1H3. The van der Waals surface area contributed by atoms with Crippen molar-refractivity contribution < 1.29 is 14.1 Å². The molecule has 9 heteroatoms. The Morgan fingerprint density at radius 1 is 1.33 bits per heavy atom. The van der Waals surface area contributed by atoms with Crippen LogP contribution >= 0.6 is 0 Å². The predicted molar refractivity (Wildman–Crippen MR) is 85.0 cm³/mol. The normalized spacial score (nSPS) is 11.0. The van der Waals surface area contributed by atoms with Gasteiger partial charge in [-0.05, 0) is 31.2 Å². The number of ether oxygens (including phenoxy) is 1. The molecule has 0 amide bonds. The van der Waals surface area contributed by atoms with Crippen molar-refractivity contribution in [1.82, 2.24) is 14.9 Å². The molecule has 0 fully saturated rings. The summed E-state index contributed by atoms with van der Waals surface area (Å²) < 4.78 is 12.3. The van der Waals surface area contributed by atoms with Crippen LogP contribution < -0.4 is 4.74 Å². The first-order valence-corrected chi connectivity index (χ1v) is 7.08. The molecule has 24 heavy (non-hydrogen) atoms. The lowest BCUT2D eigenvalue weighted by Crippen LogP contribution is -1.97. The molecule has 0 aliphatic rings. The minimum absolute atomic E-state index is 0.106. The highest BCUT2D eigenvalue weighted by Gasteiger charge is 2.17. The average molecular weight is 327 g/mol. The van der Waals surface area contributed by atoms with Crippen molar-refractivity contribution in [3.8, 4) is 17.1 Å². The monoisotopic (exact) mass is 327 g/mol. The van der Waals surface area contributed by atoms with Crippen LogP contribution in [-0.2, 0) is 0 Å². The smallest absolute Gasteiger partial charge is 0.311 e. The summed E-state index contributed by atoms with van der Waals surface area (Å²) in [6.07, 6.45) is 4.38. The number of rotatable bonds is 6. The summed E-state index contributed by atoms with van der Waals surface area (Å²) in [5, 5.41) is 22.5. The van der Waals surface area contributed by atoms with Crippen molar-refractivity contribution in [3.05, 3.63) is 58.9 Å². The molecule has 122 valence electrons. The van der Waals surface area contributed by atoms with E-state index in [9.17, 15) is 10.1 Å². The molecule has 3 rings (SSSR count). The van der Waals surface area contributed by atoms with Crippen molar-refractivity contribution in [2.24, 2.45) is 5.10 Å². The summed E-state index contributed by atoms with van der Waals surface area (Å²) in [7, 11) is 0. The van der Waals surface area contributed by atoms with E-state index >= 15 is 0 Å². The number of furan rings is 1. The molecule has 0 saturated heterocycles. The maximum absolute atomic E-state index is 11.2. The number of aromatic nitrogens is 3. The Hall–Kier alpha value is -3.49. The van der Waals surface area contributed by atoms with Gasteiger partial charge in [-0.15, -0.1) is 10.2 Å². The third kappa shape index (κ3) is 3.29. The second kappa shape index (κ2) is 6.73. The molecule has 9 nitrogen and oxygen atoms in total. The van der Waals surface area contributed by atoms with Crippen LogP contribution in [0.2, 0.25) is 0 Å². The topological polar surface area (TPSA) is 109 Å². The summed E-state index contributed by atoms with van der Waals surface area (Å²) in [4.78, 5) is 10.7. The summed E-state index contributed by atoms with van der Waals surface area (Å²) >= 11 is 0. The minimum atomic E-state index is -0.480. The van der Waals surface area contributed by atoms with Crippen LogP contribution in [0.5, 0.6) is 5.75 Å². The van der Waals surface area contributed by atoms with E-state index in [1.807, 2.05) is 0 Å². The zero-order valence-electron chi connectivity index (χ0n) is 12.7. The SMILES string of the molecule is CCOc1ccc(-c2ccc(C=Nn3cnnc3)o2)cc1[N+](=O)[O-]. The van der Waals surface area contributed by atoms with Crippen molar-refractivity contribution >= 4 is 11.9 Å². The molecule has 0 atom stereocenters. The fourth-order valence-electron chi connectivity index (χ4n) is 2.05. The van der Waals surface area contributed by atoms with Gasteiger partial charge in [0.15, 0.2) is 5.75 Å². The Morgan fingerprint density at radius 3 is 2.83 bits per heavy atom. The second-order valence-electron chi connectivity index (χ2n) is 4.66. The molecule has 2 heterocycles. The largest absolute Gasteiger partial charge is 0.487 e. The number of nitro benzene ring substituents is 1. The first-order valence-electron chi connectivity index (χ1n) is 7.08. The molecular formula is C15H13N5O4. The van der Waals surface area contributed by atoms with Gasteiger partial charge in [-0.1, -0.05) is 0 Å². The summed E-state index contributed by atoms with van der Waals surface area (Å²) in [5.41, 5.74) is 0.472. The first kappa shape index (κ1) is 15.4. The van der Waals surface area contributed by atoms with E-state index in [0.717, 1.165) is 0 Å². The molecule has 0 saturated carbocycles. The van der Waals surface area contributed by atoms with Gasteiger partial charge < -0.3 is 9.15 Å². The second-order valence-corrected chi connectivity index (χ2v) is 4.66. The number of benzene rings is 1. The van der Waals surface area contributed by atoms with E-state index in [-0.39, 0.29) is 11.4 Å². The summed E-state index contributed by atoms with van der Waals surface area (Å²) in [5.74, 6) is 1.22. The van der Waals surface area contributed by atoms with Gasteiger partial charge >= 0.3 is 5.69 Å². The maximum atomic E-state index is 11.2. The number of hydrogen-bond acceptors (Lipinski definition) is 7. The Morgan fingerprint density at radius 2 is 2.12 bits per heavy atom. The fourth-order valence-corrected chi connectivity index (χ4v) is 2.05. The zero-order valence-corrected chi connectivity index (χ0v) is 12.7. The van der Waals surface area contributed by atoms with Gasteiger partial charge in [0.1, 0.15) is 24.2 Å². The van der Waals surface area contributed by atoms with Crippen molar-refractivity contribution in [2.75, 3.05) is 6.61 Å². The number of nitro groups is 1. The summed E-state index contributed by atoms with van der Waals surface area (Å²) in [6.45, 7) is 2.12. The van der Waals surface area contributed by atoms with Crippen LogP contribution in [0.15, 0.2) is 52.5 Å². The highest BCUT2D eigenvalue weighted by molar-refractivity contribution is 5.77. The lowest BCUT2D eigenvalue weighted by molar-refractivity contribution is -0.385. The molecule has 2 aromatic heterocycles. The average Bonchev–Trinajstić information content (AvgIpc) is 3.25. The maximum Gasteiger partial charge on any atom is 0.311 e.